The third-order valence-corrected chi connectivity index (χ3v) is 6.37. The van der Waals surface area contributed by atoms with E-state index in [4.69, 9.17) is 9.72 Å². The number of carbonyl (C=O) groups excluding carboxylic acids is 2. The number of rotatable bonds is 9. The predicted molar refractivity (Wildman–Crippen MR) is 153 cm³/mol. The van der Waals surface area contributed by atoms with E-state index in [2.05, 4.69) is 54.9 Å². The summed E-state index contributed by atoms with van der Waals surface area (Å²) in [6.45, 7) is 6.70. The largest absolute Gasteiger partial charge is 0.378 e. The molecule has 1 aromatic carbocycles. The first-order valence-corrected chi connectivity index (χ1v) is 13.3. The number of ether oxygens (including phenoxy) is 1. The molecule has 0 unspecified atom stereocenters. The van der Waals surface area contributed by atoms with Gasteiger partial charge in [0, 0.05) is 72.2 Å². The lowest BCUT2D eigenvalue weighted by molar-refractivity contribution is -0.120. The van der Waals surface area contributed by atoms with E-state index in [1.807, 2.05) is 38.1 Å². The standard InChI is InChI=1S/C28H30IN5O3/c1-19(2)13-24(35)7-8-27(36)32-23-5-3-20(4-6-23)14-21-15-25(22-17-30-28(29)31-18-22)33-26(16-21)34-9-11-37-12-10-34/h3-6,13,15-18H,7-12,14H2,1-2H3,(H,32,36). The van der Waals surface area contributed by atoms with Crippen LogP contribution in [0, 0.1) is 3.83 Å². The van der Waals surface area contributed by atoms with E-state index >= 15 is 0 Å². The number of ketones is 1. The summed E-state index contributed by atoms with van der Waals surface area (Å²) in [6.07, 6.45) is 6.25. The lowest BCUT2D eigenvalue weighted by atomic mass is 10.0. The molecule has 192 valence electrons. The number of hydrogen-bond acceptors (Lipinski definition) is 7. The Balaban J connectivity index is 1.46. The number of halogens is 1. The Morgan fingerprint density at radius 3 is 2.41 bits per heavy atom. The van der Waals surface area contributed by atoms with E-state index in [9.17, 15) is 9.59 Å². The highest BCUT2D eigenvalue weighted by atomic mass is 127. The number of benzene rings is 1. The number of anilines is 2. The number of pyridine rings is 1. The third kappa shape index (κ3) is 8.16. The van der Waals surface area contributed by atoms with Crippen molar-refractivity contribution in [2.45, 2.75) is 33.1 Å². The van der Waals surface area contributed by atoms with Crippen molar-refractivity contribution in [3.63, 3.8) is 0 Å². The van der Waals surface area contributed by atoms with E-state index in [0.29, 0.717) is 29.2 Å². The van der Waals surface area contributed by atoms with E-state index < -0.39 is 0 Å². The van der Waals surface area contributed by atoms with Gasteiger partial charge in [0.05, 0.1) is 18.9 Å². The Labute approximate surface area is 230 Å². The van der Waals surface area contributed by atoms with Crippen LogP contribution in [-0.2, 0) is 20.7 Å². The quantitative estimate of drug-likeness (QED) is 0.211. The second-order valence-corrected chi connectivity index (χ2v) is 10.1. The number of hydrogen-bond donors (Lipinski definition) is 1. The molecule has 8 nitrogen and oxygen atoms in total. The van der Waals surface area contributed by atoms with Gasteiger partial charge in [0.2, 0.25) is 5.91 Å². The van der Waals surface area contributed by atoms with Gasteiger partial charge in [-0.05, 0) is 61.7 Å². The van der Waals surface area contributed by atoms with Crippen molar-refractivity contribution in [3.8, 4) is 11.3 Å². The van der Waals surface area contributed by atoms with Crippen LogP contribution in [0.15, 0.2) is 60.4 Å². The normalized spacial score (nSPS) is 13.2. The molecule has 9 heteroatoms. The maximum atomic E-state index is 12.2. The predicted octanol–water partition coefficient (Wildman–Crippen LogP) is 4.82. The number of allylic oxidation sites excluding steroid dienone is 2. The zero-order valence-electron chi connectivity index (χ0n) is 21.0. The van der Waals surface area contributed by atoms with E-state index in [0.717, 1.165) is 46.9 Å². The van der Waals surface area contributed by atoms with Gasteiger partial charge < -0.3 is 15.0 Å². The fraction of sp³-hybridized carbons (Fsp3) is 0.321. The number of morpholine rings is 1. The van der Waals surface area contributed by atoms with Crippen LogP contribution in [-0.4, -0.2) is 52.9 Å². The van der Waals surface area contributed by atoms with Gasteiger partial charge in [-0.2, -0.15) is 0 Å². The van der Waals surface area contributed by atoms with Crippen molar-refractivity contribution >= 4 is 45.8 Å². The molecule has 1 aliphatic rings. The molecule has 1 saturated heterocycles. The maximum absolute atomic E-state index is 12.2. The average Bonchev–Trinajstić information content (AvgIpc) is 2.89. The van der Waals surface area contributed by atoms with Gasteiger partial charge in [0.1, 0.15) is 5.82 Å². The van der Waals surface area contributed by atoms with Gasteiger partial charge in [0.15, 0.2) is 9.61 Å². The minimum atomic E-state index is -0.170. The van der Waals surface area contributed by atoms with Crippen LogP contribution >= 0.6 is 22.6 Å². The fourth-order valence-corrected chi connectivity index (χ4v) is 4.29. The molecule has 2 aromatic heterocycles. The fourth-order valence-electron chi connectivity index (χ4n) is 4.02. The monoisotopic (exact) mass is 611 g/mol. The van der Waals surface area contributed by atoms with Gasteiger partial charge in [-0.15, -0.1) is 0 Å². The molecule has 0 bridgehead atoms. The molecule has 0 aliphatic carbocycles. The van der Waals surface area contributed by atoms with Crippen LogP contribution in [0.2, 0.25) is 0 Å². The summed E-state index contributed by atoms with van der Waals surface area (Å²) in [5, 5.41) is 2.87. The van der Waals surface area contributed by atoms with Gasteiger partial charge >= 0.3 is 0 Å². The number of aromatic nitrogens is 3. The molecule has 0 saturated carbocycles. The van der Waals surface area contributed by atoms with Crippen molar-refractivity contribution in [2.24, 2.45) is 0 Å². The second-order valence-electron chi connectivity index (χ2n) is 9.17. The second kappa shape index (κ2) is 12.9. The molecule has 1 N–H and O–H groups in total. The summed E-state index contributed by atoms with van der Waals surface area (Å²) in [6, 6.07) is 12.0. The Bertz CT molecular complexity index is 1270. The molecule has 0 radical (unpaired) electrons. The Morgan fingerprint density at radius 1 is 1.03 bits per heavy atom. The highest BCUT2D eigenvalue weighted by Crippen LogP contribution is 2.25. The van der Waals surface area contributed by atoms with Gasteiger partial charge in [-0.25, -0.2) is 15.0 Å². The number of nitrogens with one attached hydrogen (secondary N) is 1. The van der Waals surface area contributed by atoms with Crippen LogP contribution in [0.1, 0.15) is 37.8 Å². The minimum absolute atomic E-state index is 0.0320. The van der Waals surface area contributed by atoms with E-state index in [1.54, 1.807) is 18.5 Å². The molecule has 1 fully saturated rings. The van der Waals surface area contributed by atoms with Crippen molar-refractivity contribution in [1.82, 2.24) is 15.0 Å². The lowest BCUT2D eigenvalue weighted by Gasteiger charge is -2.28. The van der Waals surface area contributed by atoms with Crippen LogP contribution in [0.3, 0.4) is 0 Å². The minimum Gasteiger partial charge on any atom is -0.378 e. The molecule has 4 rings (SSSR count). The molecular weight excluding hydrogens is 581 g/mol. The van der Waals surface area contributed by atoms with Crippen molar-refractivity contribution in [2.75, 3.05) is 36.5 Å². The SMILES string of the molecule is CC(C)=CC(=O)CCC(=O)Nc1ccc(Cc2cc(-c3cnc(I)nc3)nc(N3CCOCC3)c2)cc1. The summed E-state index contributed by atoms with van der Waals surface area (Å²) in [5.74, 6) is 0.716. The smallest absolute Gasteiger partial charge is 0.224 e. The van der Waals surface area contributed by atoms with Crippen LogP contribution in [0.5, 0.6) is 0 Å². The molecule has 1 aliphatic heterocycles. The first-order chi connectivity index (χ1) is 17.9. The van der Waals surface area contributed by atoms with E-state index in [-0.39, 0.29) is 24.5 Å². The van der Waals surface area contributed by atoms with Crippen molar-refractivity contribution < 1.29 is 14.3 Å². The molecule has 37 heavy (non-hydrogen) atoms. The molecular formula is C28H30IN5O3. The number of amides is 1. The average molecular weight is 611 g/mol. The summed E-state index contributed by atoms with van der Waals surface area (Å²) in [5.41, 5.74) is 5.59. The zero-order chi connectivity index (χ0) is 26.2. The molecule has 0 atom stereocenters. The summed E-state index contributed by atoms with van der Waals surface area (Å²) >= 11 is 2.09. The van der Waals surface area contributed by atoms with Crippen molar-refractivity contribution in [1.29, 1.82) is 0 Å². The molecule has 1 amide bonds. The molecule has 3 heterocycles. The first-order valence-electron chi connectivity index (χ1n) is 12.2. The van der Waals surface area contributed by atoms with Crippen LogP contribution in [0.4, 0.5) is 11.5 Å². The topological polar surface area (TPSA) is 97.3 Å². The summed E-state index contributed by atoms with van der Waals surface area (Å²) in [7, 11) is 0. The van der Waals surface area contributed by atoms with E-state index in [1.165, 1.54) is 0 Å². The van der Waals surface area contributed by atoms with Gasteiger partial charge in [0.25, 0.3) is 0 Å². The van der Waals surface area contributed by atoms with Gasteiger partial charge in [-0.3, -0.25) is 9.59 Å². The Hall–Kier alpha value is -3.18. The number of nitrogens with zero attached hydrogens (tertiary/aromatic N) is 4. The summed E-state index contributed by atoms with van der Waals surface area (Å²) in [4.78, 5) is 39.8. The Kier molecular flexibility index (Phi) is 9.34. The third-order valence-electron chi connectivity index (χ3n) is 5.82. The highest BCUT2D eigenvalue weighted by Gasteiger charge is 2.16. The lowest BCUT2D eigenvalue weighted by Crippen LogP contribution is -2.36. The molecule has 3 aromatic rings. The maximum Gasteiger partial charge on any atom is 0.224 e. The zero-order valence-corrected chi connectivity index (χ0v) is 23.2. The van der Waals surface area contributed by atoms with Crippen LogP contribution < -0.4 is 10.2 Å². The van der Waals surface area contributed by atoms with Crippen LogP contribution in [0.25, 0.3) is 11.3 Å². The summed E-state index contributed by atoms with van der Waals surface area (Å²) < 4.78 is 6.21. The molecule has 0 spiro atoms. The van der Waals surface area contributed by atoms with Gasteiger partial charge in [-0.1, -0.05) is 17.7 Å². The van der Waals surface area contributed by atoms with Crippen molar-refractivity contribution in [3.05, 3.63) is 75.4 Å². The Morgan fingerprint density at radius 2 is 1.73 bits per heavy atom. The highest BCUT2D eigenvalue weighted by molar-refractivity contribution is 14.1. The number of carbonyl (C=O) groups is 2. The first kappa shape index (κ1) is 26.9.